The van der Waals surface area contributed by atoms with Gasteiger partial charge in [-0.25, -0.2) is 0 Å². The Morgan fingerprint density at radius 3 is 2.62 bits per heavy atom. The molecule has 2 aliphatic carbocycles. The first kappa shape index (κ1) is 18.7. The normalized spacial score (nSPS) is 22.9. The summed E-state index contributed by atoms with van der Waals surface area (Å²) in [4.78, 5) is 19.7. The van der Waals surface area contributed by atoms with Crippen LogP contribution in [-0.4, -0.2) is 36.0 Å². The molecule has 2 heterocycles. The highest BCUT2D eigenvalue weighted by Gasteiger charge is 2.61. The fourth-order valence-electron chi connectivity index (χ4n) is 5.30. The van der Waals surface area contributed by atoms with Crippen molar-refractivity contribution < 1.29 is 9.53 Å². The summed E-state index contributed by atoms with van der Waals surface area (Å²) in [7, 11) is 1.70. The smallest absolute Gasteiger partial charge is 0.226 e. The zero-order valence-electron chi connectivity index (χ0n) is 17.3. The molecule has 152 valence electrons. The summed E-state index contributed by atoms with van der Waals surface area (Å²) in [5.41, 5.74) is 4.06. The van der Waals surface area contributed by atoms with Crippen LogP contribution in [0.15, 0.2) is 42.6 Å². The Hall–Kier alpha value is -2.36. The Labute approximate surface area is 173 Å². The molecule has 4 nitrogen and oxygen atoms in total. The number of carbonyl (C=O) groups is 1. The number of amides is 1. The molecule has 1 atom stereocenters. The number of rotatable bonds is 5. The number of hydrogen-bond donors (Lipinski definition) is 0. The third-order valence-electron chi connectivity index (χ3n) is 7.45. The molecule has 0 unspecified atom stereocenters. The summed E-state index contributed by atoms with van der Waals surface area (Å²) in [6.45, 7) is 1.78. The highest BCUT2D eigenvalue weighted by molar-refractivity contribution is 5.83. The minimum Gasteiger partial charge on any atom is -0.497 e. The molecule has 1 saturated heterocycles. The Bertz CT molecular complexity index is 880. The van der Waals surface area contributed by atoms with Crippen LogP contribution in [0.1, 0.15) is 61.3 Å². The number of aromatic nitrogens is 1. The predicted octanol–water partition coefficient (Wildman–Crippen LogP) is 4.58. The number of likely N-dealkylation sites (tertiary alicyclic amines) is 1. The van der Waals surface area contributed by atoms with Gasteiger partial charge in [-0.3, -0.25) is 9.78 Å². The maximum Gasteiger partial charge on any atom is 0.226 e. The lowest BCUT2D eigenvalue weighted by molar-refractivity contribution is -0.135. The molecular formula is C25H30N2O2. The van der Waals surface area contributed by atoms with Crippen molar-refractivity contribution in [3.05, 3.63) is 59.4 Å². The third kappa shape index (κ3) is 3.65. The Morgan fingerprint density at radius 1 is 1.17 bits per heavy atom. The van der Waals surface area contributed by atoms with Crippen molar-refractivity contribution >= 4 is 5.91 Å². The van der Waals surface area contributed by atoms with Gasteiger partial charge in [0.1, 0.15) is 5.75 Å². The lowest BCUT2D eigenvalue weighted by Crippen LogP contribution is -2.40. The number of methoxy groups -OCH3 is 1. The van der Waals surface area contributed by atoms with Gasteiger partial charge in [-0.05, 0) is 73.3 Å². The standard InChI is InChI=1S/C25H30N2O2/c1-29-21-5-2-4-18(15-21)14-19-6-7-23(26-17-19)20-8-12-27(13-9-20)24(28)22-16-25(22)10-3-11-25/h2,4-7,15,17,20,22H,3,8-14,16H2,1H3/t22-/m1/s1. The van der Waals surface area contributed by atoms with Crippen LogP contribution < -0.4 is 4.74 Å². The van der Waals surface area contributed by atoms with Crippen LogP contribution in [0.4, 0.5) is 0 Å². The SMILES string of the molecule is COc1cccc(Cc2ccc(C3CCN(C(=O)[C@H]4CC45CCC5)CC3)nc2)c1. The van der Waals surface area contributed by atoms with Crippen LogP contribution in [0, 0.1) is 11.3 Å². The van der Waals surface area contributed by atoms with E-state index in [4.69, 9.17) is 9.72 Å². The molecule has 1 aromatic carbocycles. The molecule has 0 bridgehead atoms. The fraction of sp³-hybridized carbons (Fsp3) is 0.520. The van der Waals surface area contributed by atoms with Gasteiger partial charge in [0.05, 0.1) is 7.11 Å². The lowest BCUT2D eigenvalue weighted by atomic mass is 9.79. The van der Waals surface area contributed by atoms with Gasteiger partial charge in [-0.2, -0.15) is 0 Å². The summed E-state index contributed by atoms with van der Waals surface area (Å²) < 4.78 is 5.31. The number of nitrogens with zero attached hydrogens (tertiary/aromatic N) is 2. The summed E-state index contributed by atoms with van der Waals surface area (Å²) in [6, 6.07) is 12.6. The van der Waals surface area contributed by atoms with Crippen molar-refractivity contribution in [2.24, 2.45) is 11.3 Å². The van der Waals surface area contributed by atoms with Crippen molar-refractivity contribution in [3.8, 4) is 5.75 Å². The number of carbonyl (C=O) groups excluding carboxylic acids is 1. The first-order valence-corrected chi connectivity index (χ1v) is 11.0. The van der Waals surface area contributed by atoms with Gasteiger partial charge >= 0.3 is 0 Å². The average Bonchev–Trinajstić information content (AvgIpc) is 3.51. The molecule has 29 heavy (non-hydrogen) atoms. The third-order valence-corrected chi connectivity index (χ3v) is 7.45. The zero-order chi connectivity index (χ0) is 19.8. The number of pyridine rings is 1. The molecule has 2 aromatic rings. The maximum absolute atomic E-state index is 12.8. The zero-order valence-corrected chi connectivity index (χ0v) is 17.3. The predicted molar refractivity (Wildman–Crippen MR) is 113 cm³/mol. The lowest BCUT2D eigenvalue weighted by Gasteiger charge is -2.34. The van der Waals surface area contributed by atoms with Crippen molar-refractivity contribution in [2.75, 3.05) is 20.2 Å². The van der Waals surface area contributed by atoms with Crippen LogP contribution in [0.2, 0.25) is 0 Å². The van der Waals surface area contributed by atoms with Crippen LogP contribution in [0.25, 0.3) is 0 Å². The molecule has 0 N–H and O–H groups in total. The van der Waals surface area contributed by atoms with E-state index in [0.717, 1.165) is 44.5 Å². The molecular weight excluding hydrogens is 360 g/mol. The second-order valence-corrected chi connectivity index (χ2v) is 9.19. The van der Waals surface area contributed by atoms with Crippen molar-refractivity contribution in [3.63, 3.8) is 0 Å². The van der Waals surface area contributed by atoms with Crippen LogP contribution in [-0.2, 0) is 11.2 Å². The first-order valence-electron chi connectivity index (χ1n) is 11.0. The van der Waals surface area contributed by atoms with E-state index in [0.29, 0.717) is 23.2 Å². The number of piperidine rings is 1. The van der Waals surface area contributed by atoms with E-state index in [1.54, 1.807) is 7.11 Å². The van der Waals surface area contributed by atoms with Crippen LogP contribution >= 0.6 is 0 Å². The Kier molecular flexibility index (Phi) is 4.81. The van der Waals surface area contributed by atoms with Gasteiger partial charge in [0, 0.05) is 36.8 Å². The number of hydrogen-bond acceptors (Lipinski definition) is 3. The minimum atomic E-state index is 0.349. The van der Waals surface area contributed by atoms with E-state index in [-0.39, 0.29) is 0 Å². The van der Waals surface area contributed by atoms with Crippen molar-refractivity contribution in [1.82, 2.24) is 9.88 Å². The molecule has 1 aromatic heterocycles. The van der Waals surface area contributed by atoms with Gasteiger partial charge in [-0.1, -0.05) is 24.6 Å². The second kappa shape index (κ2) is 7.47. The number of ether oxygens (including phenoxy) is 1. The first-order chi connectivity index (χ1) is 14.2. The quantitative estimate of drug-likeness (QED) is 0.751. The summed E-state index contributed by atoms with van der Waals surface area (Å²) in [6.07, 6.45) is 9.99. The highest BCUT2D eigenvalue weighted by Crippen LogP contribution is 2.66. The minimum absolute atomic E-state index is 0.349. The highest BCUT2D eigenvalue weighted by atomic mass is 16.5. The molecule has 2 saturated carbocycles. The second-order valence-electron chi connectivity index (χ2n) is 9.19. The molecule has 1 spiro atoms. The molecule has 1 aliphatic heterocycles. The molecule has 1 amide bonds. The van der Waals surface area contributed by atoms with E-state index in [1.807, 2.05) is 18.3 Å². The summed E-state index contributed by atoms with van der Waals surface area (Å²) in [5.74, 6) is 2.15. The van der Waals surface area contributed by atoms with Gasteiger partial charge < -0.3 is 9.64 Å². The van der Waals surface area contributed by atoms with E-state index >= 15 is 0 Å². The van der Waals surface area contributed by atoms with Gasteiger partial charge in [0.2, 0.25) is 5.91 Å². The number of benzene rings is 1. The molecule has 4 heteroatoms. The van der Waals surface area contributed by atoms with E-state index in [9.17, 15) is 4.79 Å². The Balaban J connectivity index is 1.15. The monoisotopic (exact) mass is 390 g/mol. The van der Waals surface area contributed by atoms with Gasteiger partial charge in [0.15, 0.2) is 0 Å². The largest absolute Gasteiger partial charge is 0.497 e. The van der Waals surface area contributed by atoms with E-state index in [2.05, 4.69) is 29.2 Å². The average molecular weight is 391 g/mol. The van der Waals surface area contributed by atoms with Gasteiger partial charge in [0.25, 0.3) is 0 Å². The molecule has 5 rings (SSSR count). The molecule has 3 fully saturated rings. The summed E-state index contributed by atoms with van der Waals surface area (Å²) >= 11 is 0. The van der Waals surface area contributed by atoms with Crippen LogP contribution in [0.3, 0.4) is 0 Å². The van der Waals surface area contributed by atoms with Gasteiger partial charge in [-0.15, -0.1) is 0 Å². The Morgan fingerprint density at radius 2 is 2.00 bits per heavy atom. The molecule has 3 aliphatic rings. The van der Waals surface area contributed by atoms with Crippen molar-refractivity contribution in [1.29, 1.82) is 0 Å². The van der Waals surface area contributed by atoms with Crippen molar-refractivity contribution in [2.45, 2.75) is 50.9 Å². The molecule has 0 radical (unpaired) electrons. The fourth-order valence-corrected chi connectivity index (χ4v) is 5.30. The topological polar surface area (TPSA) is 42.4 Å². The van der Waals surface area contributed by atoms with Crippen LogP contribution in [0.5, 0.6) is 5.75 Å². The maximum atomic E-state index is 12.8. The summed E-state index contributed by atoms with van der Waals surface area (Å²) in [5, 5.41) is 0. The van der Waals surface area contributed by atoms with E-state index < -0.39 is 0 Å². The van der Waals surface area contributed by atoms with E-state index in [1.165, 1.54) is 36.1 Å².